The van der Waals surface area contributed by atoms with Gasteiger partial charge in [0.25, 0.3) is 0 Å². The second kappa shape index (κ2) is 32.9. The van der Waals surface area contributed by atoms with Crippen LogP contribution in [0.3, 0.4) is 0 Å². The Balaban J connectivity index is -0.0000000152. The predicted molar refractivity (Wildman–Crippen MR) is 58.4 cm³/mol. The van der Waals surface area contributed by atoms with Crippen molar-refractivity contribution in [3.63, 3.8) is 0 Å². The SMILES string of the molecule is O.O=C([O-])[O-].O=C([O-])[O-].O=S(=O)([O-])[O-].O=S(=O)([O-])[O-].[Ca+2].[Ca+2].[Ca+2].[Ca+2]. The maximum atomic E-state index is 8.52. The largest absolute Gasteiger partial charge is 2.00 e. The van der Waals surface area contributed by atoms with Gasteiger partial charge in [0.2, 0.25) is 0 Å². The van der Waals surface area contributed by atoms with Crippen LogP contribution in [0.25, 0.3) is 0 Å². The molecule has 120 valence electrons. The Labute approximate surface area is 249 Å². The molecule has 15 nitrogen and oxygen atoms in total. The minimum atomic E-state index is -5.17. The van der Waals surface area contributed by atoms with Crippen molar-refractivity contribution < 1.29 is 70.5 Å². The molecule has 0 saturated carbocycles. The monoisotopic (exact) mass is 490 g/mol. The maximum absolute atomic E-state index is 8.52. The normalized spacial score (nSPS) is 7.13. The van der Waals surface area contributed by atoms with Gasteiger partial charge in [0, 0.05) is 20.8 Å². The fourth-order valence-corrected chi connectivity index (χ4v) is 0. The molecule has 0 bridgehead atoms. The Morgan fingerprint density at radius 2 is 0.522 bits per heavy atom. The molecule has 0 unspecified atom stereocenters. The molecule has 0 aliphatic rings. The van der Waals surface area contributed by atoms with Crippen molar-refractivity contribution in [1.82, 2.24) is 0 Å². The molecule has 0 aliphatic carbocycles. The smallest absolute Gasteiger partial charge is 0.759 e. The summed E-state index contributed by atoms with van der Waals surface area (Å²) in [6.45, 7) is 0. The van der Waals surface area contributed by atoms with E-state index in [0.29, 0.717) is 0 Å². The average molecular weight is 490 g/mol. The molecule has 2 N–H and O–H groups in total. The first-order valence-corrected chi connectivity index (χ1v) is 5.22. The summed E-state index contributed by atoms with van der Waals surface area (Å²) < 4.78 is 68.2. The van der Waals surface area contributed by atoms with Crippen LogP contribution in [0.15, 0.2) is 0 Å². The second-order valence-corrected chi connectivity index (χ2v) is 2.95. The third-order valence-electron chi connectivity index (χ3n) is 0. The summed E-state index contributed by atoms with van der Waals surface area (Å²) in [6.07, 6.45) is -4.67. The summed E-state index contributed by atoms with van der Waals surface area (Å²) in [6, 6.07) is 0. The van der Waals surface area contributed by atoms with Gasteiger partial charge in [-0.1, -0.05) is 0 Å². The Kier molecular flexibility index (Phi) is 80.5. The van der Waals surface area contributed by atoms with Gasteiger partial charge in [-0.2, -0.15) is 0 Å². The Morgan fingerprint density at radius 3 is 0.522 bits per heavy atom. The Bertz CT molecular complexity index is 360. The molecular weight excluding hydrogens is 488 g/mol. The number of carboxylic acid groups (broad SMARTS) is 4. The van der Waals surface area contributed by atoms with Gasteiger partial charge < -0.3 is 53.7 Å². The molecular formula is C2H2Ca4O15S2. The van der Waals surface area contributed by atoms with Crippen molar-refractivity contribution in [2.24, 2.45) is 0 Å². The third-order valence-corrected chi connectivity index (χ3v) is 0. The zero-order valence-electron chi connectivity index (χ0n) is 10.9. The summed E-state index contributed by atoms with van der Waals surface area (Å²) in [5, 5.41) is 33.3. The number of carbonyl (C=O) groups excluding carboxylic acids is 2. The second-order valence-electron chi connectivity index (χ2n) is 1.32. The summed E-state index contributed by atoms with van der Waals surface area (Å²) >= 11 is 0. The maximum Gasteiger partial charge on any atom is 2.00 e. The van der Waals surface area contributed by atoms with Crippen LogP contribution in [0.1, 0.15) is 0 Å². The summed E-state index contributed by atoms with van der Waals surface area (Å²) in [4.78, 5) is 16.7. The molecule has 0 rings (SSSR count). The van der Waals surface area contributed by atoms with Crippen LogP contribution in [0.5, 0.6) is 0 Å². The molecule has 0 aliphatic heterocycles. The van der Waals surface area contributed by atoms with E-state index in [-0.39, 0.29) is 156 Å². The van der Waals surface area contributed by atoms with Gasteiger partial charge >= 0.3 is 151 Å². The van der Waals surface area contributed by atoms with E-state index in [1.54, 1.807) is 0 Å². The first-order valence-electron chi connectivity index (χ1n) is 2.56. The van der Waals surface area contributed by atoms with E-state index in [1.165, 1.54) is 0 Å². The minimum absolute atomic E-state index is 0. The molecule has 21 heteroatoms. The van der Waals surface area contributed by atoms with Crippen molar-refractivity contribution in [3.8, 4) is 0 Å². The van der Waals surface area contributed by atoms with Gasteiger partial charge in [0.15, 0.2) is 0 Å². The quantitative estimate of drug-likeness (QED) is 0.173. The van der Waals surface area contributed by atoms with Crippen LogP contribution in [0, 0.1) is 0 Å². The van der Waals surface area contributed by atoms with Gasteiger partial charge in [0.1, 0.15) is 0 Å². The van der Waals surface area contributed by atoms with E-state index in [1.807, 2.05) is 0 Å². The predicted octanol–water partition coefficient (Wildman–Crippen LogP) is -9.92. The van der Waals surface area contributed by atoms with Crippen molar-refractivity contribution in [1.29, 1.82) is 0 Å². The van der Waals surface area contributed by atoms with Crippen LogP contribution in [-0.4, -0.2) is 204 Å². The Morgan fingerprint density at radius 1 is 0.522 bits per heavy atom. The molecule has 0 aromatic carbocycles. The molecule has 0 atom stereocenters. The van der Waals surface area contributed by atoms with E-state index in [4.69, 9.17) is 65.1 Å². The number of carbonyl (C=O) groups is 2. The van der Waals surface area contributed by atoms with E-state index in [2.05, 4.69) is 0 Å². The van der Waals surface area contributed by atoms with Gasteiger partial charge in [-0.25, -0.2) is 0 Å². The van der Waals surface area contributed by atoms with Crippen LogP contribution in [0.4, 0.5) is 9.59 Å². The van der Waals surface area contributed by atoms with Gasteiger partial charge in [-0.3, -0.25) is 16.8 Å². The van der Waals surface area contributed by atoms with Crippen molar-refractivity contribution in [2.75, 3.05) is 0 Å². The molecule has 0 heterocycles. The average Bonchev–Trinajstić information content (AvgIpc) is 1.70. The van der Waals surface area contributed by atoms with Crippen LogP contribution in [0.2, 0.25) is 0 Å². The van der Waals surface area contributed by atoms with E-state index < -0.39 is 33.1 Å². The number of hydrogen-bond acceptors (Lipinski definition) is 14. The summed E-state index contributed by atoms with van der Waals surface area (Å²) in [5.74, 6) is 0. The molecule has 0 aromatic rings. The molecule has 0 amide bonds. The van der Waals surface area contributed by atoms with E-state index in [0.717, 1.165) is 0 Å². The van der Waals surface area contributed by atoms with E-state index in [9.17, 15) is 0 Å². The standard InChI is InChI=1S/2CH2O3.4Ca.2H2O4S.H2O/c2*2-1(3)4;;;;;2*1-5(2,3)4;/h2*(H2,2,3,4);;;;;2*(H2,1,2,3,4);1H2/q;;4*+2;;;/p-8. The fraction of sp³-hybridized carbons (Fsp3) is 0. The Hall–Kier alpha value is 3.28. The van der Waals surface area contributed by atoms with E-state index >= 15 is 0 Å². The third kappa shape index (κ3) is 1270. The molecule has 0 spiro atoms. The van der Waals surface area contributed by atoms with Gasteiger partial charge in [0.05, 0.1) is 0 Å². The zero-order chi connectivity index (χ0) is 16.2. The van der Waals surface area contributed by atoms with Crippen molar-refractivity contribution in [2.45, 2.75) is 0 Å². The molecule has 23 heavy (non-hydrogen) atoms. The fourth-order valence-electron chi connectivity index (χ4n) is 0. The molecule has 0 radical (unpaired) electrons. The first-order chi connectivity index (χ1) is 7.46. The minimum Gasteiger partial charge on any atom is -0.759 e. The number of rotatable bonds is 0. The molecule has 0 saturated heterocycles. The van der Waals surface area contributed by atoms with Gasteiger partial charge in [-0.15, -0.1) is 0 Å². The van der Waals surface area contributed by atoms with Crippen LogP contribution < -0.4 is 20.4 Å². The van der Waals surface area contributed by atoms with Crippen LogP contribution in [-0.2, 0) is 20.8 Å². The summed E-state index contributed by atoms with van der Waals surface area (Å²) in [5.41, 5.74) is 0. The zero-order valence-corrected chi connectivity index (χ0v) is 21.3. The topological polar surface area (TPSA) is 318 Å². The first kappa shape index (κ1) is 56.2. The molecule has 0 fully saturated rings. The van der Waals surface area contributed by atoms with Crippen molar-refractivity contribution >= 4 is 184 Å². The van der Waals surface area contributed by atoms with Crippen molar-refractivity contribution in [3.05, 3.63) is 0 Å². The summed E-state index contributed by atoms with van der Waals surface area (Å²) in [7, 11) is -10.3. The van der Waals surface area contributed by atoms with Crippen LogP contribution >= 0.6 is 0 Å². The number of hydrogen-bond donors (Lipinski definition) is 0. The van der Waals surface area contributed by atoms with Gasteiger partial charge in [-0.05, 0) is 12.3 Å². The molecule has 0 aromatic heterocycles.